The van der Waals surface area contributed by atoms with Gasteiger partial charge < -0.3 is 5.32 Å². The highest BCUT2D eigenvalue weighted by Crippen LogP contribution is 2.27. The summed E-state index contributed by atoms with van der Waals surface area (Å²) in [6.45, 7) is 8.43. The van der Waals surface area contributed by atoms with Gasteiger partial charge in [0.15, 0.2) is 0 Å². The minimum atomic E-state index is 0.695. The zero-order valence-corrected chi connectivity index (χ0v) is 9.63. The molecule has 1 heterocycles. The van der Waals surface area contributed by atoms with Crippen LogP contribution in [0.25, 0.3) is 0 Å². The summed E-state index contributed by atoms with van der Waals surface area (Å²) in [7, 11) is 0. The molecule has 1 N–H and O–H groups in total. The van der Waals surface area contributed by atoms with Crippen molar-refractivity contribution < 1.29 is 0 Å². The Morgan fingerprint density at radius 3 is 2.79 bits per heavy atom. The zero-order chi connectivity index (χ0) is 9.97. The van der Waals surface area contributed by atoms with Crippen molar-refractivity contribution in [1.29, 1.82) is 0 Å². The molecular weight excluding hydrogens is 172 g/mol. The summed E-state index contributed by atoms with van der Waals surface area (Å²) in [5, 5.41) is 3.52. The summed E-state index contributed by atoms with van der Waals surface area (Å²) in [6, 6.07) is 1.59. The lowest BCUT2D eigenvalue weighted by molar-refractivity contribution is 0.104. The molecule has 0 radical (unpaired) electrons. The standard InChI is InChI=1S/C12H24N2/c1-10-4-3-5-12(8-10)14-7-6-13-11(2)9-14/h10-13H,3-9H2,1-2H3. The molecule has 14 heavy (non-hydrogen) atoms. The third-order valence-corrected chi connectivity index (χ3v) is 3.83. The Balaban J connectivity index is 1.86. The second-order valence-electron chi connectivity index (χ2n) is 5.28. The van der Waals surface area contributed by atoms with E-state index in [4.69, 9.17) is 0 Å². The summed E-state index contributed by atoms with van der Waals surface area (Å²) in [6.07, 6.45) is 5.78. The lowest BCUT2D eigenvalue weighted by atomic mass is 9.86. The Bertz CT molecular complexity index is 161. The molecule has 1 aliphatic heterocycles. The average molecular weight is 196 g/mol. The second kappa shape index (κ2) is 4.63. The van der Waals surface area contributed by atoms with Crippen molar-refractivity contribution in [2.24, 2.45) is 5.92 Å². The van der Waals surface area contributed by atoms with Crippen LogP contribution in [0.2, 0.25) is 0 Å². The predicted molar refractivity (Wildman–Crippen MR) is 60.5 cm³/mol. The van der Waals surface area contributed by atoms with Crippen molar-refractivity contribution in [2.75, 3.05) is 19.6 Å². The van der Waals surface area contributed by atoms with Gasteiger partial charge in [-0.15, -0.1) is 0 Å². The van der Waals surface area contributed by atoms with E-state index < -0.39 is 0 Å². The van der Waals surface area contributed by atoms with Gasteiger partial charge in [-0.25, -0.2) is 0 Å². The summed E-state index contributed by atoms with van der Waals surface area (Å²) >= 11 is 0. The largest absolute Gasteiger partial charge is 0.312 e. The Morgan fingerprint density at radius 1 is 1.21 bits per heavy atom. The first-order valence-electron chi connectivity index (χ1n) is 6.23. The molecule has 3 unspecified atom stereocenters. The highest BCUT2D eigenvalue weighted by molar-refractivity contribution is 4.84. The summed E-state index contributed by atoms with van der Waals surface area (Å²) in [5.74, 6) is 0.957. The van der Waals surface area contributed by atoms with Gasteiger partial charge in [-0.05, 0) is 25.7 Å². The van der Waals surface area contributed by atoms with E-state index in [1.54, 1.807) is 0 Å². The fraction of sp³-hybridized carbons (Fsp3) is 1.00. The molecule has 0 aromatic carbocycles. The van der Waals surface area contributed by atoms with E-state index in [-0.39, 0.29) is 0 Å². The quantitative estimate of drug-likeness (QED) is 0.688. The van der Waals surface area contributed by atoms with Crippen LogP contribution in [0.3, 0.4) is 0 Å². The smallest absolute Gasteiger partial charge is 0.0167 e. The maximum atomic E-state index is 3.52. The van der Waals surface area contributed by atoms with E-state index in [9.17, 15) is 0 Å². The van der Waals surface area contributed by atoms with Crippen molar-refractivity contribution in [3.63, 3.8) is 0 Å². The number of hydrogen-bond acceptors (Lipinski definition) is 2. The molecule has 82 valence electrons. The van der Waals surface area contributed by atoms with Crippen LogP contribution in [-0.2, 0) is 0 Å². The number of rotatable bonds is 1. The van der Waals surface area contributed by atoms with Crippen molar-refractivity contribution in [1.82, 2.24) is 10.2 Å². The Morgan fingerprint density at radius 2 is 2.07 bits per heavy atom. The highest BCUT2D eigenvalue weighted by Gasteiger charge is 2.27. The first-order valence-corrected chi connectivity index (χ1v) is 6.23. The van der Waals surface area contributed by atoms with Crippen LogP contribution < -0.4 is 5.32 Å². The Hall–Kier alpha value is -0.0800. The third-order valence-electron chi connectivity index (χ3n) is 3.83. The van der Waals surface area contributed by atoms with Crippen LogP contribution in [0.15, 0.2) is 0 Å². The summed E-state index contributed by atoms with van der Waals surface area (Å²) < 4.78 is 0. The maximum absolute atomic E-state index is 3.52. The first-order chi connectivity index (χ1) is 6.75. The molecule has 1 saturated heterocycles. The van der Waals surface area contributed by atoms with Gasteiger partial charge in [0.2, 0.25) is 0 Å². The van der Waals surface area contributed by atoms with E-state index in [2.05, 4.69) is 24.1 Å². The topological polar surface area (TPSA) is 15.3 Å². The van der Waals surface area contributed by atoms with Gasteiger partial charge in [0.25, 0.3) is 0 Å². The zero-order valence-electron chi connectivity index (χ0n) is 9.63. The normalized spacial score (nSPS) is 41.1. The predicted octanol–water partition coefficient (Wildman–Crippen LogP) is 1.86. The van der Waals surface area contributed by atoms with E-state index in [0.29, 0.717) is 6.04 Å². The number of nitrogens with zero attached hydrogens (tertiary/aromatic N) is 1. The van der Waals surface area contributed by atoms with Gasteiger partial charge >= 0.3 is 0 Å². The van der Waals surface area contributed by atoms with Crippen LogP contribution in [0, 0.1) is 5.92 Å². The molecule has 2 aliphatic rings. The Labute approximate surface area is 88.1 Å². The third kappa shape index (κ3) is 2.48. The minimum Gasteiger partial charge on any atom is -0.312 e. The first kappa shape index (κ1) is 10.4. The molecule has 2 fully saturated rings. The van der Waals surface area contributed by atoms with Gasteiger partial charge in [0.1, 0.15) is 0 Å². The van der Waals surface area contributed by atoms with Crippen LogP contribution in [0.4, 0.5) is 0 Å². The van der Waals surface area contributed by atoms with E-state index >= 15 is 0 Å². The molecular formula is C12H24N2. The molecule has 0 bridgehead atoms. The van der Waals surface area contributed by atoms with Gasteiger partial charge in [-0.2, -0.15) is 0 Å². The fourth-order valence-corrected chi connectivity index (χ4v) is 3.03. The molecule has 0 aromatic rings. The molecule has 3 atom stereocenters. The molecule has 1 aliphatic carbocycles. The van der Waals surface area contributed by atoms with Gasteiger partial charge in [0.05, 0.1) is 0 Å². The van der Waals surface area contributed by atoms with Crippen molar-refractivity contribution in [2.45, 2.75) is 51.6 Å². The van der Waals surface area contributed by atoms with Gasteiger partial charge in [-0.3, -0.25) is 4.90 Å². The summed E-state index contributed by atoms with van der Waals surface area (Å²) in [5.41, 5.74) is 0. The highest BCUT2D eigenvalue weighted by atomic mass is 15.2. The van der Waals surface area contributed by atoms with Crippen LogP contribution >= 0.6 is 0 Å². The number of piperazine rings is 1. The monoisotopic (exact) mass is 196 g/mol. The van der Waals surface area contributed by atoms with Gasteiger partial charge in [-0.1, -0.05) is 19.8 Å². The summed E-state index contributed by atoms with van der Waals surface area (Å²) in [4.78, 5) is 2.72. The minimum absolute atomic E-state index is 0.695. The maximum Gasteiger partial charge on any atom is 0.0167 e. The fourth-order valence-electron chi connectivity index (χ4n) is 3.03. The van der Waals surface area contributed by atoms with Crippen LogP contribution in [0.1, 0.15) is 39.5 Å². The SMILES string of the molecule is CC1CCCC(N2CCNC(C)C2)C1. The molecule has 2 nitrogen and oxygen atoms in total. The average Bonchev–Trinajstić information content (AvgIpc) is 2.18. The molecule has 0 amide bonds. The number of hydrogen-bond donors (Lipinski definition) is 1. The molecule has 0 spiro atoms. The second-order valence-corrected chi connectivity index (χ2v) is 5.28. The van der Waals surface area contributed by atoms with Crippen LogP contribution in [0.5, 0.6) is 0 Å². The molecule has 0 aromatic heterocycles. The molecule has 2 heteroatoms. The van der Waals surface area contributed by atoms with E-state index in [1.165, 1.54) is 45.3 Å². The molecule has 1 saturated carbocycles. The van der Waals surface area contributed by atoms with Crippen molar-refractivity contribution >= 4 is 0 Å². The van der Waals surface area contributed by atoms with Crippen molar-refractivity contribution in [3.05, 3.63) is 0 Å². The van der Waals surface area contributed by atoms with E-state index in [0.717, 1.165) is 12.0 Å². The number of nitrogens with one attached hydrogen (secondary N) is 1. The lowest BCUT2D eigenvalue weighted by Crippen LogP contribution is -2.53. The van der Waals surface area contributed by atoms with Crippen LogP contribution in [-0.4, -0.2) is 36.6 Å². The van der Waals surface area contributed by atoms with E-state index in [1.807, 2.05) is 0 Å². The van der Waals surface area contributed by atoms with Gasteiger partial charge in [0, 0.05) is 31.7 Å². The molecule has 2 rings (SSSR count). The van der Waals surface area contributed by atoms with Crippen molar-refractivity contribution in [3.8, 4) is 0 Å². The lowest BCUT2D eigenvalue weighted by Gasteiger charge is -2.41. The Kier molecular flexibility index (Phi) is 3.45.